The molecule has 1 aliphatic carbocycles. The lowest BCUT2D eigenvalue weighted by Crippen LogP contribution is -2.17. The molecule has 0 bridgehead atoms. The van der Waals surface area contributed by atoms with Crippen molar-refractivity contribution in [1.82, 2.24) is 4.98 Å². The van der Waals surface area contributed by atoms with Gasteiger partial charge in [-0.15, -0.1) is 11.3 Å². The zero-order valence-corrected chi connectivity index (χ0v) is 15.1. The van der Waals surface area contributed by atoms with E-state index in [9.17, 15) is 9.18 Å². The summed E-state index contributed by atoms with van der Waals surface area (Å²) in [7, 11) is 0. The molecule has 1 amide bonds. The minimum absolute atomic E-state index is 0.0694. The predicted molar refractivity (Wildman–Crippen MR) is 103 cm³/mol. The number of benzene rings is 2. The van der Waals surface area contributed by atoms with Crippen LogP contribution in [0.25, 0.3) is 10.6 Å². The van der Waals surface area contributed by atoms with Gasteiger partial charge in [0.05, 0.1) is 12.1 Å². The number of thiazole rings is 1. The van der Waals surface area contributed by atoms with Gasteiger partial charge in [-0.3, -0.25) is 4.79 Å². The van der Waals surface area contributed by atoms with Gasteiger partial charge in [0, 0.05) is 16.6 Å². The van der Waals surface area contributed by atoms with Crippen molar-refractivity contribution in [3.8, 4) is 10.6 Å². The van der Waals surface area contributed by atoms with Gasteiger partial charge in [-0.05, 0) is 55.0 Å². The molecule has 3 aromatic rings. The molecule has 0 atom stereocenters. The van der Waals surface area contributed by atoms with Gasteiger partial charge < -0.3 is 5.32 Å². The standard InChI is InChI=1S/C21H19FN2OS/c22-16-8-3-7-15(11-16)21-23-17(13-26-21)12-20(25)24-19-10-4-6-14-5-1-2-9-18(14)19/h3-4,6-8,10-11,13H,1-2,5,9,12H2,(H,24,25). The van der Waals surface area contributed by atoms with E-state index in [1.807, 2.05) is 23.6 Å². The molecule has 1 N–H and O–H groups in total. The molecule has 26 heavy (non-hydrogen) atoms. The summed E-state index contributed by atoms with van der Waals surface area (Å²) in [5.41, 5.74) is 4.98. The summed E-state index contributed by atoms with van der Waals surface area (Å²) in [6.07, 6.45) is 4.71. The van der Waals surface area contributed by atoms with E-state index in [4.69, 9.17) is 0 Å². The van der Waals surface area contributed by atoms with Gasteiger partial charge in [0.1, 0.15) is 10.8 Å². The maximum atomic E-state index is 13.4. The third-order valence-electron chi connectivity index (χ3n) is 4.64. The summed E-state index contributed by atoms with van der Waals surface area (Å²) in [6.45, 7) is 0. The van der Waals surface area contributed by atoms with Crippen LogP contribution < -0.4 is 5.32 Å². The second kappa shape index (κ2) is 7.38. The van der Waals surface area contributed by atoms with Crippen molar-refractivity contribution < 1.29 is 9.18 Å². The van der Waals surface area contributed by atoms with E-state index in [1.165, 1.54) is 47.4 Å². The molecule has 4 rings (SSSR count). The van der Waals surface area contributed by atoms with Crippen molar-refractivity contribution in [2.75, 3.05) is 5.32 Å². The highest BCUT2D eigenvalue weighted by atomic mass is 32.1. The van der Waals surface area contributed by atoms with Crippen LogP contribution in [0.4, 0.5) is 10.1 Å². The number of nitrogens with one attached hydrogen (secondary N) is 1. The van der Waals surface area contributed by atoms with Crippen LogP contribution in [0.3, 0.4) is 0 Å². The predicted octanol–water partition coefficient (Wildman–Crippen LogP) is 5.01. The van der Waals surface area contributed by atoms with Crippen molar-refractivity contribution in [1.29, 1.82) is 0 Å². The van der Waals surface area contributed by atoms with Gasteiger partial charge in [-0.1, -0.05) is 24.3 Å². The second-order valence-corrected chi connectivity index (χ2v) is 7.39. The Morgan fingerprint density at radius 1 is 1.15 bits per heavy atom. The molecule has 0 radical (unpaired) electrons. The number of carbonyl (C=O) groups is 1. The summed E-state index contributed by atoms with van der Waals surface area (Å²) >= 11 is 1.42. The first-order valence-corrected chi connectivity index (χ1v) is 9.68. The fourth-order valence-electron chi connectivity index (χ4n) is 3.40. The SMILES string of the molecule is O=C(Cc1csc(-c2cccc(F)c2)n1)Nc1cccc2c1CCCC2. The average Bonchev–Trinajstić information content (AvgIpc) is 3.10. The number of amides is 1. The van der Waals surface area contributed by atoms with E-state index in [2.05, 4.69) is 16.4 Å². The van der Waals surface area contributed by atoms with Gasteiger partial charge in [-0.25, -0.2) is 9.37 Å². The zero-order valence-electron chi connectivity index (χ0n) is 14.3. The number of carbonyl (C=O) groups excluding carboxylic acids is 1. The first kappa shape index (κ1) is 16.9. The molecule has 3 nitrogen and oxygen atoms in total. The summed E-state index contributed by atoms with van der Waals surface area (Å²) in [5, 5.41) is 5.63. The van der Waals surface area contributed by atoms with Crippen LogP contribution in [-0.2, 0) is 24.1 Å². The molecule has 0 spiro atoms. The number of fused-ring (bicyclic) bond motifs is 1. The number of hydrogen-bond donors (Lipinski definition) is 1. The molecule has 0 fully saturated rings. The van der Waals surface area contributed by atoms with Crippen molar-refractivity contribution >= 4 is 22.9 Å². The largest absolute Gasteiger partial charge is 0.325 e. The molecule has 0 saturated carbocycles. The van der Waals surface area contributed by atoms with Crippen molar-refractivity contribution in [3.63, 3.8) is 0 Å². The highest BCUT2D eigenvalue weighted by molar-refractivity contribution is 7.13. The Balaban J connectivity index is 1.46. The van der Waals surface area contributed by atoms with Gasteiger partial charge in [0.25, 0.3) is 0 Å². The Kier molecular flexibility index (Phi) is 4.80. The summed E-state index contributed by atoms with van der Waals surface area (Å²) < 4.78 is 13.4. The summed E-state index contributed by atoms with van der Waals surface area (Å²) in [4.78, 5) is 16.9. The van der Waals surface area contributed by atoms with Gasteiger partial charge in [0.15, 0.2) is 0 Å². The molecule has 1 heterocycles. The van der Waals surface area contributed by atoms with E-state index in [1.54, 1.807) is 6.07 Å². The second-order valence-electron chi connectivity index (χ2n) is 6.53. The highest BCUT2D eigenvalue weighted by Crippen LogP contribution is 2.28. The molecular weight excluding hydrogens is 347 g/mol. The van der Waals surface area contributed by atoms with E-state index < -0.39 is 0 Å². The smallest absolute Gasteiger partial charge is 0.230 e. The van der Waals surface area contributed by atoms with Crippen molar-refractivity contribution in [2.45, 2.75) is 32.1 Å². The topological polar surface area (TPSA) is 42.0 Å². The quantitative estimate of drug-likeness (QED) is 0.705. The number of hydrogen-bond acceptors (Lipinski definition) is 3. The highest BCUT2D eigenvalue weighted by Gasteiger charge is 2.15. The van der Waals surface area contributed by atoms with Crippen LogP contribution in [0.15, 0.2) is 47.8 Å². The number of aromatic nitrogens is 1. The number of rotatable bonds is 4. The fourth-order valence-corrected chi connectivity index (χ4v) is 4.22. The molecule has 0 aliphatic heterocycles. The molecule has 0 saturated heterocycles. The molecular formula is C21H19FN2OS. The van der Waals surface area contributed by atoms with Crippen molar-refractivity contribution in [3.05, 3.63) is 70.5 Å². The normalized spacial score (nSPS) is 13.3. The average molecular weight is 366 g/mol. The van der Waals surface area contributed by atoms with Gasteiger partial charge >= 0.3 is 0 Å². The Bertz CT molecular complexity index is 951. The number of aryl methyl sites for hydroxylation is 1. The minimum atomic E-state index is -0.286. The minimum Gasteiger partial charge on any atom is -0.325 e. The molecule has 132 valence electrons. The first-order chi connectivity index (χ1) is 12.7. The first-order valence-electron chi connectivity index (χ1n) is 8.80. The maximum Gasteiger partial charge on any atom is 0.230 e. The van der Waals surface area contributed by atoms with Crippen LogP contribution in [0, 0.1) is 5.82 Å². The molecule has 0 unspecified atom stereocenters. The van der Waals surface area contributed by atoms with Crippen LogP contribution in [0.1, 0.15) is 29.7 Å². The van der Waals surface area contributed by atoms with Gasteiger partial charge in [0.2, 0.25) is 5.91 Å². The summed E-state index contributed by atoms with van der Waals surface area (Å²) in [6, 6.07) is 12.5. The Morgan fingerprint density at radius 2 is 2.00 bits per heavy atom. The number of anilines is 1. The molecule has 1 aliphatic rings. The maximum absolute atomic E-state index is 13.4. The molecule has 2 aromatic carbocycles. The Morgan fingerprint density at radius 3 is 2.88 bits per heavy atom. The zero-order chi connectivity index (χ0) is 17.9. The van der Waals surface area contributed by atoms with E-state index in [-0.39, 0.29) is 18.1 Å². The van der Waals surface area contributed by atoms with Crippen LogP contribution in [0.5, 0.6) is 0 Å². The van der Waals surface area contributed by atoms with E-state index >= 15 is 0 Å². The third kappa shape index (κ3) is 3.68. The van der Waals surface area contributed by atoms with Crippen LogP contribution in [-0.4, -0.2) is 10.9 Å². The van der Waals surface area contributed by atoms with Crippen molar-refractivity contribution in [2.24, 2.45) is 0 Å². The number of halogens is 1. The Hall–Kier alpha value is -2.53. The number of nitrogens with zero attached hydrogens (tertiary/aromatic N) is 1. The monoisotopic (exact) mass is 366 g/mol. The lowest BCUT2D eigenvalue weighted by atomic mass is 9.90. The lowest BCUT2D eigenvalue weighted by molar-refractivity contribution is -0.115. The lowest BCUT2D eigenvalue weighted by Gasteiger charge is -2.19. The van der Waals surface area contributed by atoms with Crippen LogP contribution in [0.2, 0.25) is 0 Å². The van der Waals surface area contributed by atoms with Gasteiger partial charge in [-0.2, -0.15) is 0 Å². The fraction of sp³-hybridized carbons (Fsp3) is 0.238. The molecule has 5 heteroatoms. The third-order valence-corrected chi connectivity index (χ3v) is 5.58. The van der Waals surface area contributed by atoms with E-state index in [0.717, 1.165) is 29.1 Å². The van der Waals surface area contributed by atoms with Crippen LogP contribution >= 0.6 is 11.3 Å². The molecule has 1 aromatic heterocycles. The van der Waals surface area contributed by atoms with E-state index in [0.29, 0.717) is 5.69 Å². The Labute approximate surface area is 155 Å². The summed E-state index contributed by atoms with van der Waals surface area (Å²) in [5.74, 6) is -0.356.